The average Bonchev–Trinajstić information content (AvgIpc) is 3.17. The topological polar surface area (TPSA) is 121 Å². The summed E-state index contributed by atoms with van der Waals surface area (Å²) in [6.07, 6.45) is 3.58. The summed E-state index contributed by atoms with van der Waals surface area (Å²) in [6.45, 7) is 3.54. The number of halogens is 2. The molecule has 3 rings (SSSR count). The number of carbonyl (C=O) groups excluding carboxylic acids is 1. The third-order valence-electron chi connectivity index (χ3n) is 5.60. The second-order valence-electron chi connectivity index (χ2n) is 7.97. The van der Waals surface area contributed by atoms with Gasteiger partial charge in [-0.3, -0.25) is 4.79 Å². The number of aryl methyl sites for hydroxylation is 1. The highest BCUT2D eigenvalue weighted by atomic mass is 35.5. The lowest BCUT2D eigenvalue weighted by Gasteiger charge is -2.33. The quantitative estimate of drug-likeness (QED) is 0.568. The minimum absolute atomic E-state index is 0.106. The maximum atomic E-state index is 13.3. The molecule has 32 heavy (non-hydrogen) atoms. The lowest BCUT2D eigenvalue weighted by atomic mass is 9.98. The lowest BCUT2D eigenvalue weighted by Crippen LogP contribution is -2.51. The molecule has 1 aliphatic heterocycles. The Kier molecular flexibility index (Phi) is 7.72. The highest BCUT2D eigenvalue weighted by molar-refractivity contribution is 7.89. The zero-order valence-corrected chi connectivity index (χ0v) is 19.9. The lowest BCUT2D eigenvalue weighted by molar-refractivity contribution is -0.134. The van der Waals surface area contributed by atoms with Gasteiger partial charge in [0, 0.05) is 30.9 Å². The number of hydrogen-bond donors (Lipinski definition) is 2. The Morgan fingerprint density at radius 3 is 2.66 bits per heavy atom. The number of aromatic nitrogens is 1. The number of sulfonamides is 1. The minimum atomic E-state index is -4.23. The third kappa shape index (κ3) is 5.56. The monoisotopic (exact) mass is 497 g/mol. The number of nitrogen functional groups attached to an aromatic ring is 1. The van der Waals surface area contributed by atoms with Gasteiger partial charge in [0.25, 0.3) is 0 Å². The van der Waals surface area contributed by atoms with Crippen molar-refractivity contribution in [2.24, 2.45) is 5.92 Å². The summed E-state index contributed by atoms with van der Waals surface area (Å²) in [5, 5.41) is 9.31. The predicted molar refractivity (Wildman–Crippen MR) is 124 cm³/mol. The van der Waals surface area contributed by atoms with Gasteiger partial charge in [0.15, 0.2) is 0 Å². The van der Waals surface area contributed by atoms with E-state index in [9.17, 15) is 18.5 Å². The molecule has 0 bridgehead atoms. The number of nitriles is 1. The van der Waals surface area contributed by atoms with Crippen molar-refractivity contribution in [3.05, 3.63) is 46.2 Å². The normalized spacial score (nSPS) is 16.0. The molecular weight excluding hydrogens is 473 g/mol. The predicted octanol–water partition coefficient (Wildman–Crippen LogP) is 3.24. The summed E-state index contributed by atoms with van der Waals surface area (Å²) >= 11 is 12.0. The molecule has 8 nitrogen and oxygen atoms in total. The van der Waals surface area contributed by atoms with E-state index >= 15 is 0 Å². The highest BCUT2D eigenvalue weighted by Gasteiger charge is 2.32. The first-order chi connectivity index (χ1) is 15.1. The smallest absolute Gasteiger partial charge is 0.244 e. The van der Waals surface area contributed by atoms with Crippen molar-refractivity contribution in [2.45, 2.75) is 43.7 Å². The number of rotatable bonds is 7. The van der Waals surface area contributed by atoms with Gasteiger partial charge in [0.2, 0.25) is 15.9 Å². The van der Waals surface area contributed by atoms with E-state index in [0.717, 1.165) is 12.8 Å². The van der Waals surface area contributed by atoms with E-state index in [1.54, 1.807) is 27.8 Å². The first-order valence-electron chi connectivity index (χ1n) is 10.2. The molecule has 11 heteroatoms. The second kappa shape index (κ2) is 10.1. The summed E-state index contributed by atoms with van der Waals surface area (Å²) in [7, 11) is -4.23. The van der Waals surface area contributed by atoms with Gasteiger partial charge in [-0.05, 0) is 49.4 Å². The van der Waals surface area contributed by atoms with E-state index in [-0.39, 0.29) is 39.5 Å². The van der Waals surface area contributed by atoms with Crippen molar-refractivity contribution >= 4 is 44.8 Å². The molecule has 0 radical (unpaired) electrons. The van der Waals surface area contributed by atoms with Crippen LogP contribution in [0, 0.1) is 17.2 Å². The van der Waals surface area contributed by atoms with Crippen LogP contribution in [0.15, 0.2) is 35.4 Å². The van der Waals surface area contributed by atoms with E-state index in [1.165, 1.54) is 12.1 Å². The largest absolute Gasteiger partial charge is 0.398 e. The Hall–Kier alpha value is -2.25. The summed E-state index contributed by atoms with van der Waals surface area (Å²) in [5.74, 6) is 0.203. The molecule has 1 aromatic carbocycles. The maximum absolute atomic E-state index is 13.3. The van der Waals surface area contributed by atoms with Gasteiger partial charge in [0.1, 0.15) is 22.7 Å². The third-order valence-corrected chi connectivity index (χ3v) is 7.82. The van der Waals surface area contributed by atoms with Crippen LogP contribution < -0.4 is 10.5 Å². The number of nitrogens with zero attached hydrogens (tertiary/aromatic N) is 3. The van der Waals surface area contributed by atoms with Crippen LogP contribution in [0.2, 0.25) is 10.0 Å². The molecule has 3 N–H and O–H groups in total. The van der Waals surface area contributed by atoms with Gasteiger partial charge < -0.3 is 15.2 Å². The van der Waals surface area contributed by atoms with Crippen molar-refractivity contribution in [1.29, 1.82) is 5.26 Å². The van der Waals surface area contributed by atoms with Gasteiger partial charge in [-0.1, -0.05) is 30.1 Å². The number of benzene rings is 1. The van der Waals surface area contributed by atoms with Gasteiger partial charge >= 0.3 is 0 Å². The van der Waals surface area contributed by atoms with Crippen LogP contribution in [0.1, 0.15) is 31.9 Å². The number of likely N-dealkylation sites (tertiary alicyclic amines) is 1. The molecule has 1 fully saturated rings. The van der Waals surface area contributed by atoms with Crippen molar-refractivity contribution in [2.75, 3.05) is 18.8 Å². The molecule has 172 valence electrons. The van der Waals surface area contributed by atoms with Crippen LogP contribution in [0.25, 0.3) is 0 Å². The Morgan fingerprint density at radius 2 is 2.03 bits per heavy atom. The van der Waals surface area contributed by atoms with Gasteiger partial charge in [0.05, 0.1) is 10.7 Å². The number of hydrogen-bond acceptors (Lipinski definition) is 5. The molecule has 1 aliphatic rings. The van der Waals surface area contributed by atoms with Crippen LogP contribution in [0.4, 0.5) is 5.69 Å². The zero-order chi connectivity index (χ0) is 23.5. The van der Waals surface area contributed by atoms with Crippen LogP contribution in [0.3, 0.4) is 0 Å². The van der Waals surface area contributed by atoms with E-state index < -0.39 is 16.1 Å². The van der Waals surface area contributed by atoms with Crippen molar-refractivity contribution < 1.29 is 13.2 Å². The van der Waals surface area contributed by atoms with Gasteiger partial charge in [-0.15, -0.1) is 0 Å². The summed E-state index contributed by atoms with van der Waals surface area (Å²) < 4.78 is 30.5. The van der Waals surface area contributed by atoms with Crippen molar-refractivity contribution in [1.82, 2.24) is 14.2 Å². The number of anilines is 1. The molecule has 1 aromatic heterocycles. The molecular formula is C21H25Cl2N5O3S. The number of piperidine rings is 1. The summed E-state index contributed by atoms with van der Waals surface area (Å²) in [4.78, 5) is 14.7. The molecule has 2 aromatic rings. The second-order valence-corrected chi connectivity index (χ2v) is 10.5. The van der Waals surface area contributed by atoms with Crippen LogP contribution >= 0.6 is 23.2 Å². The molecule has 1 saturated heterocycles. The molecule has 0 spiro atoms. The van der Waals surface area contributed by atoms with Gasteiger partial charge in [-0.25, -0.2) is 8.42 Å². The Balaban J connectivity index is 1.87. The van der Waals surface area contributed by atoms with E-state index in [4.69, 9.17) is 28.9 Å². The standard InChI is InChI=1S/C21H25Cl2N5O3S/c1-14-4-8-28(9-5-14)21(29)19(6-10-27-7-2-3-16(27)13-24)26-32(30,31)20-17(23)11-15(22)12-18(20)25/h2-3,7,11-12,14,19,26H,4-6,8-10,25H2,1H3. The Bertz CT molecular complexity index is 1110. The zero-order valence-electron chi connectivity index (χ0n) is 17.6. The first-order valence-corrected chi connectivity index (χ1v) is 12.5. The van der Waals surface area contributed by atoms with Crippen molar-refractivity contribution in [3.8, 4) is 6.07 Å². The number of nitrogens with two attached hydrogens (primary N) is 1. The minimum Gasteiger partial charge on any atom is -0.398 e. The van der Waals surface area contributed by atoms with Gasteiger partial charge in [-0.2, -0.15) is 9.98 Å². The summed E-state index contributed by atoms with van der Waals surface area (Å²) in [6, 6.07) is 6.98. The molecule has 0 saturated carbocycles. The van der Waals surface area contributed by atoms with E-state index in [2.05, 4.69) is 17.7 Å². The Labute approximate surface area is 197 Å². The first kappa shape index (κ1) is 24.4. The number of amides is 1. The van der Waals surface area contributed by atoms with E-state index in [0.29, 0.717) is 24.7 Å². The SMILES string of the molecule is CC1CCN(C(=O)C(CCn2cccc2C#N)NS(=O)(=O)c2c(N)cc(Cl)cc2Cl)CC1. The highest BCUT2D eigenvalue weighted by Crippen LogP contribution is 2.31. The summed E-state index contributed by atoms with van der Waals surface area (Å²) in [5.41, 5.74) is 6.20. The maximum Gasteiger partial charge on any atom is 0.244 e. The molecule has 1 amide bonds. The number of nitrogens with one attached hydrogen (secondary N) is 1. The number of carbonyl (C=O) groups is 1. The van der Waals surface area contributed by atoms with Crippen molar-refractivity contribution in [3.63, 3.8) is 0 Å². The van der Waals surface area contributed by atoms with Crippen LogP contribution in [-0.2, 0) is 21.4 Å². The Morgan fingerprint density at radius 1 is 1.34 bits per heavy atom. The fraction of sp³-hybridized carbons (Fsp3) is 0.429. The molecule has 2 heterocycles. The molecule has 1 atom stereocenters. The fourth-order valence-corrected chi connectivity index (χ4v) is 5.98. The van der Waals surface area contributed by atoms with Crippen LogP contribution in [0.5, 0.6) is 0 Å². The van der Waals surface area contributed by atoms with Crippen LogP contribution in [-0.4, -0.2) is 42.9 Å². The molecule has 1 unspecified atom stereocenters. The fourth-order valence-electron chi connectivity index (χ4n) is 3.77. The van der Waals surface area contributed by atoms with E-state index in [1.807, 2.05) is 0 Å². The molecule has 0 aliphatic carbocycles. The average molecular weight is 498 g/mol.